The lowest BCUT2D eigenvalue weighted by atomic mass is 9.83. The molecule has 3 rings (SSSR count). The molecule has 0 spiro atoms. The molecule has 8 heteroatoms. The molecule has 3 aromatic carbocycles. The van der Waals surface area contributed by atoms with Crippen LogP contribution in [0.4, 0.5) is 0 Å². The molecule has 56 heavy (non-hydrogen) atoms. The van der Waals surface area contributed by atoms with Crippen molar-refractivity contribution in [2.24, 2.45) is 29.6 Å². The number of rotatable bonds is 22. The molecule has 0 heterocycles. The summed E-state index contributed by atoms with van der Waals surface area (Å²) in [6, 6.07) is 29.3. The second kappa shape index (κ2) is 21.1. The van der Waals surface area contributed by atoms with Crippen molar-refractivity contribution in [3.05, 3.63) is 90.5 Å². The third kappa shape index (κ3) is 12.8. The van der Waals surface area contributed by atoms with Gasteiger partial charge in [0, 0.05) is 24.4 Å². The lowest BCUT2D eigenvalue weighted by molar-refractivity contribution is -0.0229. The van der Waals surface area contributed by atoms with E-state index in [1.54, 1.807) is 7.11 Å². The van der Waals surface area contributed by atoms with E-state index in [4.69, 9.17) is 18.3 Å². The SMILES string of the molecule is COc1ccc(COC[C@H](C)[C@H](O[Si](C)(C)C(C)(C)C)[C@@H](C)C[C@@H](C)CC[C@@H](O)[C@H](C)[C@@H](O)[C@@H](C)CO[Si](c2ccccc2)(c2ccccc2)C(C)(C)C)cc1. The molecule has 3 aromatic rings. The van der Waals surface area contributed by atoms with Gasteiger partial charge in [0.15, 0.2) is 8.32 Å². The van der Waals surface area contributed by atoms with E-state index < -0.39 is 28.8 Å². The molecule has 314 valence electrons. The first kappa shape index (κ1) is 48.1. The molecule has 0 aliphatic rings. The van der Waals surface area contributed by atoms with Crippen LogP contribution in [-0.4, -0.2) is 65.5 Å². The third-order valence-electron chi connectivity index (χ3n) is 12.6. The van der Waals surface area contributed by atoms with E-state index in [1.165, 1.54) is 10.4 Å². The summed E-state index contributed by atoms with van der Waals surface area (Å²) in [6.07, 6.45) is 1.28. The Balaban J connectivity index is 1.63. The summed E-state index contributed by atoms with van der Waals surface area (Å²) in [7, 11) is -3.09. The highest BCUT2D eigenvalue weighted by Crippen LogP contribution is 2.41. The first-order valence-corrected chi connectivity index (χ1v) is 26.0. The first-order chi connectivity index (χ1) is 26.1. The van der Waals surface area contributed by atoms with Crippen LogP contribution in [0, 0.1) is 29.6 Å². The standard InChI is InChI=1S/C48H78O6Si2/c1-35(31-36(2)46(54-55(13,14)47(6,7)8)38(4)32-52-34-40-26-28-41(51-12)29-27-40)25-30-44(49)39(5)45(50)37(3)33-53-56(48(9,10)11,42-21-17-15-18-22-42)43-23-19-16-20-24-43/h15-24,26-29,35-39,44-46,49-50H,25,30-34H2,1-14H3/t35-,36-,37-,38-,39-,44+,45-,46+/m0/s1. The molecule has 0 saturated heterocycles. The molecular weight excluding hydrogens is 729 g/mol. The summed E-state index contributed by atoms with van der Waals surface area (Å²) in [5, 5.41) is 25.5. The van der Waals surface area contributed by atoms with Crippen LogP contribution in [0.2, 0.25) is 23.2 Å². The fourth-order valence-electron chi connectivity index (χ4n) is 7.96. The Hall–Kier alpha value is -2.31. The van der Waals surface area contributed by atoms with Crippen LogP contribution < -0.4 is 15.1 Å². The summed E-state index contributed by atoms with van der Waals surface area (Å²) in [6.45, 7) is 30.9. The van der Waals surface area contributed by atoms with E-state index in [0.717, 1.165) is 24.2 Å². The van der Waals surface area contributed by atoms with Gasteiger partial charge in [0.05, 0.1) is 38.6 Å². The maximum atomic E-state index is 11.6. The average Bonchev–Trinajstić information content (AvgIpc) is 3.15. The Morgan fingerprint density at radius 1 is 0.643 bits per heavy atom. The minimum absolute atomic E-state index is 0.0660. The van der Waals surface area contributed by atoms with Gasteiger partial charge < -0.3 is 28.5 Å². The van der Waals surface area contributed by atoms with Crippen LogP contribution >= 0.6 is 0 Å². The Bertz CT molecular complexity index is 1500. The van der Waals surface area contributed by atoms with E-state index in [2.05, 4.69) is 155 Å². The summed E-state index contributed by atoms with van der Waals surface area (Å²) < 4.78 is 25.9. The van der Waals surface area contributed by atoms with E-state index in [0.29, 0.717) is 38.1 Å². The normalized spacial score (nSPS) is 17.4. The van der Waals surface area contributed by atoms with Crippen molar-refractivity contribution < 1.29 is 28.5 Å². The third-order valence-corrected chi connectivity index (χ3v) is 22.1. The maximum Gasteiger partial charge on any atom is 0.261 e. The van der Waals surface area contributed by atoms with Crippen molar-refractivity contribution in [3.8, 4) is 5.75 Å². The number of aliphatic hydroxyl groups excluding tert-OH is 2. The lowest BCUT2D eigenvalue weighted by Crippen LogP contribution is -2.67. The van der Waals surface area contributed by atoms with Gasteiger partial charge in [0.25, 0.3) is 8.32 Å². The summed E-state index contributed by atoms with van der Waals surface area (Å²) in [5.74, 6) is 1.33. The van der Waals surface area contributed by atoms with Crippen molar-refractivity contribution in [1.29, 1.82) is 0 Å². The van der Waals surface area contributed by atoms with E-state index in [1.807, 2.05) is 19.1 Å². The van der Waals surface area contributed by atoms with Crippen molar-refractivity contribution in [2.75, 3.05) is 20.3 Å². The number of ether oxygens (including phenoxy) is 2. The monoisotopic (exact) mass is 807 g/mol. The van der Waals surface area contributed by atoms with Gasteiger partial charge in [0.2, 0.25) is 0 Å². The van der Waals surface area contributed by atoms with E-state index in [9.17, 15) is 10.2 Å². The molecular formula is C48H78O6Si2. The highest BCUT2D eigenvalue weighted by Gasteiger charge is 2.50. The number of hydrogen-bond acceptors (Lipinski definition) is 6. The largest absolute Gasteiger partial charge is 0.497 e. The van der Waals surface area contributed by atoms with Crippen molar-refractivity contribution in [1.82, 2.24) is 0 Å². The molecule has 6 nitrogen and oxygen atoms in total. The van der Waals surface area contributed by atoms with Crippen molar-refractivity contribution in [2.45, 2.75) is 144 Å². The summed E-state index contributed by atoms with van der Waals surface area (Å²) in [5.41, 5.74) is 1.13. The smallest absolute Gasteiger partial charge is 0.261 e. The Morgan fingerprint density at radius 2 is 1.18 bits per heavy atom. The van der Waals surface area contributed by atoms with Crippen LogP contribution in [0.5, 0.6) is 5.75 Å². The number of methoxy groups -OCH3 is 1. The molecule has 0 unspecified atom stereocenters. The Morgan fingerprint density at radius 3 is 1.66 bits per heavy atom. The molecule has 0 aliphatic carbocycles. The molecule has 0 radical (unpaired) electrons. The lowest BCUT2D eigenvalue weighted by Gasteiger charge is -2.44. The fraction of sp³-hybridized carbons (Fsp3) is 0.625. The molecule has 0 aromatic heterocycles. The second-order valence-electron chi connectivity index (χ2n) is 19.4. The van der Waals surface area contributed by atoms with Gasteiger partial charge in [-0.05, 0) is 82.3 Å². The van der Waals surface area contributed by atoms with Gasteiger partial charge in [0.1, 0.15) is 5.75 Å². The predicted octanol–water partition coefficient (Wildman–Crippen LogP) is 10.3. The van der Waals surface area contributed by atoms with Crippen molar-refractivity contribution in [3.63, 3.8) is 0 Å². The molecule has 0 saturated carbocycles. The first-order valence-electron chi connectivity index (χ1n) is 21.1. The van der Waals surface area contributed by atoms with Crippen LogP contribution in [0.25, 0.3) is 0 Å². The molecule has 2 N–H and O–H groups in total. The predicted molar refractivity (Wildman–Crippen MR) is 240 cm³/mol. The molecule has 0 amide bonds. The van der Waals surface area contributed by atoms with Crippen LogP contribution in [-0.2, 0) is 20.2 Å². The number of hydrogen-bond donors (Lipinski definition) is 2. The van der Waals surface area contributed by atoms with Gasteiger partial charge in [-0.2, -0.15) is 0 Å². The molecule has 8 atom stereocenters. The highest BCUT2D eigenvalue weighted by atomic mass is 28.4. The van der Waals surface area contributed by atoms with Gasteiger partial charge >= 0.3 is 0 Å². The zero-order valence-corrected chi connectivity index (χ0v) is 39.5. The van der Waals surface area contributed by atoms with Crippen LogP contribution in [0.1, 0.15) is 101 Å². The average molecular weight is 807 g/mol. The summed E-state index contributed by atoms with van der Waals surface area (Å²) >= 11 is 0. The van der Waals surface area contributed by atoms with Crippen LogP contribution in [0.15, 0.2) is 84.9 Å². The molecule has 0 fully saturated rings. The second-order valence-corrected chi connectivity index (χ2v) is 28.5. The van der Waals surface area contributed by atoms with Gasteiger partial charge in [-0.1, -0.05) is 149 Å². The number of aliphatic hydroxyl groups is 2. The number of benzene rings is 3. The molecule has 0 bridgehead atoms. The van der Waals surface area contributed by atoms with E-state index >= 15 is 0 Å². The molecule has 0 aliphatic heterocycles. The van der Waals surface area contributed by atoms with Gasteiger partial charge in [-0.3, -0.25) is 0 Å². The van der Waals surface area contributed by atoms with Crippen LogP contribution in [0.3, 0.4) is 0 Å². The zero-order chi connectivity index (χ0) is 41.9. The highest BCUT2D eigenvalue weighted by molar-refractivity contribution is 6.99. The van der Waals surface area contributed by atoms with Crippen molar-refractivity contribution >= 4 is 27.0 Å². The van der Waals surface area contributed by atoms with Gasteiger partial charge in [-0.25, -0.2) is 0 Å². The van der Waals surface area contributed by atoms with Gasteiger partial charge in [-0.15, -0.1) is 0 Å². The Labute approximate surface area is 344 Å². The maximum absolute atomic E-state index is 11.6. The fourth-order valence-corrected chi connectivity index (χ4v) is 14.1. The minimum Gasteiger partial charge on any atom is -0.497 e. The zero-order valence-electron chi connectivity index (χ0n) is 37.5. The topological polar surface area (TPSA) is 77.4 Å². The van der Waals surface area contributed by atoms with E-state index in [-0.39, 0.29) is 33.9 Å². The summed E-state index contributed by atoms with van der Waals surface area (Å²) in [4.78, 5) is 0. The minimum atomic E-state index is -2.73. The Kier molecular flexibility index (Phi) is 18.1. The quantitative estimate of drug-likeness (QED) is 0.0985.